The van der Waals surface area contributed by atoms with Crippen molar-refractivity contribution in [3.8, 4) is 5.75 Å². The minimum atomic E-state index is -0.709. The van der Waals surface area contributed by atoms with Crippen LogP contribution in [0.15, 0.2) is 53.0 Å². The van der Waals surface area contributed by atoms with Gasteiger partial charge in [-0.3, -0.25) is 9.59 Å². The topological polar surface area (TPSA) is 58.6 Å². The van der Waals surface area contributed by atoms with E-state index in [1.54, 1.807) is 18.0 Å². The van der Waals surface area contributed by atoms with E-state index in [2.05, 4.69) is 21.2 Å². The van der Waals surface area contributed by atoms with Gasteiger partial charge in [0.05, 0.1) is 18.7 Å². The van der Waals surface area contributed by atoms with Crippen LogP contribution in [0.25, 0.3) is 0 Å². The summed E-state index contributed by atoms with van der Waals surface area (Å²) >= 11 is 3.39. The second-order valence-corrected chi connectivity index (χ2v) is 6.41. The lowest BCUT2D eigenvalue weighted by molar-refractivity contribution is -0.127. The summed E-state index contributed by atoms with van der Waals surface area (Å²) in [6.07, 6.45) is -0.444. The number of ether oxygens (including phenoxy) is 1. The molecule has 1 unspecified atom stereocenters. The molecule has 1 aliphatic rings. The molecule has 1 aliphatic heterocycles. The Labute approximate surface area is 148 Å². The summed E-state index contributed by atoms with van der Waals surface area (Å²) in [6.45, 7) is 0.200. The Balaban J connectivity index is 1.85. The van der Waals surface area contributed by atoms with E-state index >= 15 is 0 Å². The SMILES string of the molecule is CNC(=O)C1CN(C(=O)Cc2ccc(Br)cc2)c2ccccc2O1. The number of carbonyl (C=O) groups is 2. The largest absolute Gasteiger partial charge is 0.477 e. The number of nitrogens with one attached hydrogen (secondary N) is 1. The van der Waals surface area contributed by atoms with Gasteiger partial charge in [-0.25, -0.2) is 0 Å². The molecule has 0 aromatic heterocycles. The standard InChI is InChI=1S/C18H17BrN2O3/c1-20-18(23)16-11-21(14-4-2-3-5-15(14)24-16)17(22)10-12-6-8-13(19)9-7-12/h2-9,16H,10-11H2,1H3,(H,20,23). The van der Waals surface area contributed by atoms with Crippen LogP contribution in [0.3, 0.4) is 0 Å². The monoisotopic (exact) mass is 388 g/mol. The molecule has 1 heterocycles. The number of anilines is 1. The van der Waals surface area contributed by atoms with Crippen LogP contribution in [-0.2, 0) is 16.0 Å². The third kappa shape index (κ3) is 3.43. The number of carbonyl (C=O) groups excluding carboxylic acids is 2. The molecular formula is C18H17BrN2O3. The lowest BCUT2D eigenvalue weighted by Gasteiger charge is -2.34. The van der Waals surface area contributed by atoms with Crippen molar-refractivity contribution in [3.63, 3.8) is 0 Å². The van der Waals surface area contributed by atoms with Crippen molar-refractivity contribution in [1.29, 1.82) is 0 Å². The van der Waals surface area contributed by atoms with Gasteiger partial charge < -0.3 is 15.0 Å². The minimum absolute atomic E-state index is 0.0676. The molecule has 0 saturated heterocycles. The fraction of sp³-hybridized carbons (Fsp3) is 0.222. The maximum absolute atomic E-state index is 12.8. The zero-order valence-electron chi connectivity index (χ0n) is 13.2. The second-order valence-electron chi connectivity index (χ2n) is 5.50. The van der Waals surface area contributed by atoms with Crippen molar-refractivity contribution >= 4 is 33.4 Å². The quantitative estimate of drug-likeness (QED) is 0.878. The van der Waals surface area contributed by atoms with Gasteiger partial charge in [0, 0.05) is 11.5 Å². The smallest absolute Gasteiger partial charge is 0.262 e. The molecule has 2 amide bonds. The van der Waals surface area contributed by atoms with E-state index in [-0.39, 0.29) is 24.8 Å². The average Bonchev–Trinajstić information content (AvgIpc) is 2.62. The predicted molar refractivity (Wildman–Crippen MR) is 95.1 cm³/mol. The molecule has 2 aromatic carbocycles. The third-order valence-electron chi connectivity index (χ3n) is 3.88. The van der Waals surface area contributed by atoms with Crippen molar-refractivity contribution in [1.82, 2.24) is 5.32 Å². The van der Waals surface area contributed by atoms with Gasteiger partial charge in [-0.2, -0.15) is 0 Å². The Kier molecular flexibility index (Phi) is 4.85. The summed E-state index contributed by atoms with van der Waals surface area (Å²) in [5.41, 5.74) is 1.61. The van der Waals surface area contributed by atoms with Crippen molar-refractivity contribution < 1.29 is 14.3 Å². The highest BCUT2D eigenvalue weighted by atomic mass is 79.9. The van der Waals surface area contributed by atoms with Crippen LogP contribution in [0, 0.1) is 0 Å². The number of benzene rings is 2. The van der Waals surface area contributed by atoms with Crippen molar-refractivity contribution in [2.24, 2.45) is 0 Å². The molecule has 2 aromatic rings. The van der Waals surface area contributed by atoms with E-state index in [1.165, 1.54) is 0 Å². The van der Waals surface area contributed by atoms with Gasteiger partial charge in [-0.15, -0.1) is 0 Å². The Bertz CT molecular complexity index is 761. The van der Waals surface area contributed by atoms with E-state index in [4.69, 9.17) is 4.74 Å². The maximum Gasteiger partial charge on any atom is 0.262 e. The normalized spacial score (nSPS) is 16.1. The van der Waals surface area contributed by atoms with Crippen LogP contribution < -0.4 is 15.0 Å². The number of rotatable bonds is 3. The summed E-state index contributed by atoms with van der Waals surface area (Å²) in [7, 11) is 1.56. The minimum Gasteiger partial charge on any atom is -0.477 e. The summed E-state index contributed by atoms with van der Waals surface area (Å²) in [5, 5.41) is 2.57. The van der Waals surface area contributed by atoms with E-state index in [1.807, 2.05) is 42.5 Å². The summed E-state index contributed by atoms with van der Waals surface area (Å²) in [6, 6.07) is 14.9. The van der Waals surface area contributed by atoms with Crippen LogP contribution in [0.2, 0.25) is 0 Å². The molecule has 0 saturated carbocycles. The van der Waals surface area contributed by atoms with E-state index in [0.717, 1.165) is 10.0 Å². The Hall–Kier alpha value is -2.34. The fourth-order valence-electron chi connectivity index (χ4n) is 2.64. The van der Waals surface area contributed by atoms with Crippen LogP contribution >= 0.6 is 15.9 Å². The van der Waals surface area contributed by atoms with Gasteiger partial charge in [-0.1, -0.05) is 40.2 Å². The molecule has 5 nitrogen and oxygen atoms in total. The summed E-state index contributed by atoms with van der Waals surface area (Å²) in [5.74, 6) is 0.231. The number of hydrogen-bond donors (Lipinski definition) is 1. The van der Waals surface area contributed by atoms with Gasteiger partial charge in [0.2, 0.25) is 5.91 Å². The van der Waals surface area contributed by atoms with E-state index < -0.39 is 6.10 Å². The van der Waals surface area contributed by atoms with Crippen molar-refractivity contribution in [2.75, 3.05) is 18.5 Å². The zero-order chi connectivity index (χ0) is 17.1. The molecule has 0 spiro atoms. The first kappa shape index (κ1) is 16.5. The van der Waals surface area contributed by atoms with E-state index in [9.17, 15) is 9.59 Å². The molecule has 124 valence electrons. The Morgan fingerprint density at radius 2 is 1.92 bits per heavy atom. The molecule has 3 rings (SSSR count). The highest BCUT2D eigenvalue weighted by Crippen LogP contribution is 2.33. The highest BCUT2D eigenvalue weighted by Gasteiger charge is 2.33. The number of likely N-dealkylation sites (N-methyl/N-ethyl adjacent to an activating group) is 1. The number of hydrogen-bond acceptors (Lipinski definition) is 3. The first-order chi connectivity index (χ1) is 11.6. The number of para-hydroxylation sites is 2. The Morgan fingerprint density at radius 1 is 1.21 bits per heavy atom. The van der Waals surface area contributed by atoms with Crippen LogP contribution in [0.4, 0.5) is 5.69 Å². The fourth-order valence-corrected chi connectivity index (χ4v) is 2.90. The number of nitrogens with zero attached hydrogens (tertiary/aromatic N) is 1. The van der Waals surface area contributed by atoms with Crippen molar-refractivity contribution in [2.45, 2.75) is 12.5 Å². The number of halogens is 1. The second kappa shape index (κ2) is 7.05. The molecular weight excluding hydrogens is 372 g/mol. The zero-order valence-corrected chi connectivity index (χ0v) is 14.7. The van der Waals surface area contributed by atoms with Gasteiger partial charge in [0.1, 0.15) is 5.75 Å². The molecule has 6 heteroatoms. The molecule has 0 aliphatic carbocycles. The lowest BCUT2D eigenvalue weighted by atomic mass is 10.1. The molecule has 0 fully saturated rings. The van der Waals surface area contributed by atoms with Crippen LogP contribution in [0.5, 0.6) is 5.75 Å². The summed E-state index contributed by atoms with van der Waals surface area (Å²) in [4.78, 5) is 26.4. The lowest BCUT2D eigenvalue weighted by Crippen LogP contribution is -2.50. The maximum atomic E-state index is 12.8. The number of fused-ring (bicyclic) bond motifs is 1. The predicted octanol–water partition coefficient (Wildman–Crippen LogP) is 2.53. The van der Waals surface area contributed by atoms with Crippen molar-refractivity contribution in [3.05, 3.63) is 58.6 Å². The van der Waals surface area contributed by atoms with Crippen LogP contribution in [0.1, 0.15) is 5.56 Å². The van der Waals surface area contributed by atoms with E-state index in [0.29, 0.717) is 11.4 Å². The first-order valence-electron chi connectivity index (χ1n) is 7.60. The average molecular weight is 389 g/mol. The molecule has 1 N–H and O–H groups in total. The molecule has 1 atom stereocenters. The summed E-state index contributed by atoms with van der Waals surface area (Å²) < 4.78 is 6.69. The molecule has 24 heavy (non-hydrogen) atoms. The van der Waals surface area contributed by atoms with Crippen LogP contribution in [-0.4, -0.2) is 31.5 Å². The Morgan fingerprint density at radius 3 is 2.62 bits per heavy atom. The first-order valence-corrected chi connectivity index (χ1v) is 8.40. The van der Waals surface area contributed by atoms with Gasteiger partial charge in [0.25, 0.3) is 5.91 Å². The van der Waals surface area contributed by atoms with Gasteiger partial charge in [-0.05, 0) is 29.8 Å². The van der Waals surface area contributed by atoms with Gasteiger partial charge >= 0.3 is 0 Å². The third-order valence-corrected chi connectivity index (χ3v) is 4.41. The number of amides is 2. The van der Waals surface area contributed by atoms with Gasteiger partial charge in [0.15, 0.2) is 6.10 Å². The molecule has 0 bridgehead atoms. The highest BCUT2D eigenvalue weighted by molar-refractivity contribution is 9.10. The molecule has 0 radical (unpaired) electrons.